The summed E-state index contributed by atoms with van der Waals surface area (Å²) in [5.41, 5.74) is 0.902. The molecule has 0 radical (unpaired) electrons. The zero-order chi connectivity index (χ0) is 19.0. The molecule has 2 aromatic heterocycles. The zero-order valence-electron chi connectivity index (χ0n) is 15.5. The highest BCUT2D eigenvalue weighted by atomic mass is 32.1. The largest absolute Gasteiger partial charge is 0.490 e. The van der Waals surface area contributed by atoms with Crippen LogP contribution in [0.1, 0.15) is 17.1 Å². The fourth-order valence-electron chi connectivity index (χ4n) is 2.84. The molecule has 0 bridgehead atoms. The van der Waals surface area contributed by atoms with E-state index in [9.17, 15) is 0 Å². The Hall–Kier alpha value is -2.93. The monoisotopic (exact) mass is 397 g/mol. The van der Waals surface area contributed by atoms with E-state index in [0.717, 1.165) is 41.7 Å². The van der Waals surface area contributed by atoms with E-state index in [0.29, 0.717) is 26.3 Å². The molecule has 2 N–H and O–H groups in total. The van der Waals surface area contributed by atoms with E-state index in [-0.39, 0.29) is 0 Å². The van der Waals surface area contributed by atoms with E-state index in [1.807, 2.05) is 36.4 Å². The van der Waals surface area contributed by atoms with Gasteiger partial charge >= 0.3 is 0 Å². The van der Waals surface area contributed by atoms with Crippen molar-refractivity contribution in [1.29, 1.82) is 0 Å². The van der Waals surface area contributed by atoms with Crippen LogP contribution < -0.4 is 20.1 Å². The number of aliphatic imine (C=N–C) groups is 1. The topological polar surface area (TPSA) is 68.0 Å². The minimum Gasteiger partial charge on any atom is -0.490 e. The molecule has 0 amide bonds. The highest BCUT2D eigenvalue weighted by molar-refractivity contribution is 7.09. The lowest BCUT2D eigenvalue weighted by Crippen LogP contribution is -2.32. The molecule has 1 aliphatic rings. The molecule has 3 heterocycles. The number of rotatable bonds is 6. The fourth-order valence-corrected chi connectivity index (χ4v) is 3.46. The molecule has 1 aliphatic heterocycles. The fraction of sp³-hybridized carbons (Fsp3) is 0.286. The van der Waals surface area contributed by atoms with Gasteiger partial charge in [0.1, 0.15) is 5.76 Å². The van der Waals surface area contributed by atoms with E-state index < -0.39 is 0 Å². The first-order chi connectivity index (χ1) is 13.9. The Balaban J connectivity index is 1.44. The number of fused-ring (bicyclic) bond motifs is 1. The van der Waals surface area contributed by atoms with Crippen molar-refractivity contribution in [1.82, 2.24) is 5.32 Å². The Morgan fingerprint density at radius 2 is 2.00 bits per heavy atom. The number of hydrogen-bond acceptors (Lipinski definition) is 5. The normalized spacial score (nSPS) is 13.8. The van der Waals surface area contributed by atoms with Gasteiger partial charge in [-0.05, 0) is 35.7 Å². The Labute approximate surface area is 168 Å². The number of anilines is 1. The number of ether oxygens (including phenoxy) is 2. The first-order valence-electron chi connectivity index (χ1n) is 9.36. The molecule has 0 spiro atoms. The number of nitrogens with one attached hydrogen (secondary N) is 2. The van der Waals surface area contributed by atoms with Gasteiger partial charge in [-0.3, -0.25) is 0 Å². The van der Waals surface area contributed by atoms with E-state index in [1.54, 1.807) is 17.6 Å². The van der Waals surface area contributed by atoms with Gasteiger partial charge in [0.05, 0.1) is 26.0 Å². The average molecular weight is 398 g/mol. The van der Waals surface area contributed by atoms with E-state index in [1.165, 1.54) is 4.88 Å². The molecule has 0 atom stereocenters. The van der Waals surface area contributed by atoms with Gasteiger partial charge in [0.15, 0.2) is 17.5 Å². The van der Waals surface area contributed by atoms with Gasteiger partial charge in [0, 0.05) is 36.0 Å². The Morgan fingerprint density at radius 1 is 1.07 bits per heavy atom. The summed E-state index contributed by atoms with van der Waals surface area (Å²) in [5, 5.41) is 8.80. The lowest BCUT2D eigenvalue weighted by atomic mass is 10.2. The van der Waals surface area contributed by atoms with E-state index >= 15 is 0 Å². The lowest BCUT2D eigenvalue weighted by molar-refractivity contribution is 0.297. The summed E-state index contributed by atoms with van der Waals surface area (Å²) in [6, 6.07) is 13.9. The summed E-state index contributed by atoms with van der Waals surface area (Å²) in [6.07, 6.45) is 3.37. The van der Waals surface area contributed by atoms with Crippen LogP contribution in [0.5, 0.6) is 11.5 Å². The van der Waals surface area contributed by atoms with Crippen LogP contribution in [0.2, 0.25) is 0 Å². The average Bonchev–Trinajstić information content (AvgIpc) is 3.37. The van der Waals surface area contributed by atoms with Gasteiger partial charge < -0.3 is 24.5 Å². The summed E-state index contributed by atoms with van der Waals surface area (Å²) >= 11 is 1.70. The van der Waals surface area contributed by atoms with Crippen molar-refractivity contribution in [2.75, 3.05) is 25.1 Å². The third-order valence-corrected chi connectivity index (χ3v) is 5.09. The Kier molecular flexibility index (Phi) is 6.14. The number of guanidine groups is 1. The summed E-state index contributed by atoms with van der Waals surface area (Å²) < 4.78 is 16.9. The second kappa shape index (κ2) is 9.32. The van der Waals surface area contributed by atoms with Crippen LogP contribution in [0, 0.1) is 0 Å². The number of hydrogen-bond donors (Lipinski definition) is 2. The zero-order valence-corrected chi connectivity index (χ0v) is 16.3. The van der Waals surface area contributed by atoms with Gasteiger partial charge in [-0.1, -0.05) is 6.07 Å². The van der Waals surface area contributed by atoms with Crippen LogP contribution in [0.25, 0.3) is 0 Å². The lowest BCUT2D eigenvalue weighted by Gasteiger charge is -2.14. The maximum Gasteiger partial charge on any atom is 0.196 e. The Bertz CT molecular complexity index is 892. The third kappa shape index (κ3) is 5.07. The van der Waals surface area contributed by atoms with Crippen LogP contribution in [0.3, 0.4) is 0 Å². The van der Waals surface area contributed by atoms with Gasteiger partial charge in [-0.2, -0.15) is 0 Å². The first kappa shape index (κ1) is 18.4. The van der Waals surface area contributed by atoms with E-state index in [2.05, 4.69) is 22.1 Å². The van der Waals surface area contributed by atoms with Crippen molar-refractivity contribution >= 4 is 23.0 Å². The number of thiophene rings is 1. The second-order valence-electron chi connectivity index (χ2n) is 6.34. The molecule has 3 aromatic rings. The van der Waals surface area contributed by atoms with Crippen LogP contribution >= 0.6 is 11.3 Å². The predicted molar refractivity (Wildman–Crippen MR) is 112 cm³/mol. The van der Waals surface area contributed by atoms with Crippen molar-refractivity contribution in [3.05, 3.63) is 64.7 Å². The molecular weight excluding hydrogens is 374 g/mol. The van der Waals surface area contributed by atoms with Crippen LogP contribution in [-0.2, 0) is 13.0 Å². The first-order valence-corrected chi connectivity index (χ1v) is 10.2. The predicted octanol–water partition coefficient (Wildman–Crippen LogP) is 4.30. The highest BCUT2D eigenvalue weighted by Gasteiger charge is 2.11. The van der Waals surface area contributed by atoms with Gasteiger partial charge in [-0.25, -0.2) is 4.99 Å². The molecule has 0 fully saturated rings. The smallest absolute Gasteiger partial charge is 0.196 e. The molecule has 6 nitrogen and oxygen atoms in total. The van der Waals surface area contributed by atoms with Crippen molar-refractivity contribution in [2.45, 2.75) is 19.4 Å². The molecular formula is C21H23N3O3S. The molecule has 4 rings (SSSR count). The number of benzene rings is 1. The van der Waals surface area contributed by atoms with Crippen LogP contribution in [0.15, 0.2) is 63.5 Å². The molecule has 1 aromatic carbocycles. The highest BCUT2D eigenvalue weighted by Crippen LogP contribution is 2.32. The minimum atomic E-state index is 0.623. The Morgan fingerprint density at radius 3 is 2.82 bits per heavy atom. The second-order valence-corrected chi connectivity index (χ2v) is 7.37. The van der Waals surface area contributed by atoms with Crippen molar-refractivity contribution in [2.24, 2.45) is 4.99 Å². The molecule has 28 heavy (non-hydrogen) atoms. The van der Waals surface area contributed by atoms with Gasteiger partial charge in [0.25, 0.3) is 0 Å². The van der Waals surface area contributed by atoms with Crippen molar-refractivity contribution < 1.29 is 13.9 Å². The molecule has 146 valence electrons. The van der Waals surface area contributed by atoms with E-state index in [4.69, 9.17) is 18.9 Å². The van der Waals surface area contributed by atoms with Crippen molar-refractivity contribution in [3.8, 4) is 11.5 Å². The minimum absolute atomic E-state index is 0.623. The quantitative estimate of drug-likeness (QED) is 0.479. The summed E-state index contributed by atoms with van der Waals surface area (Å²) in [4.78, 5) is 5.93. The third-order valence-electron chi connectivity index (χ3n) is 4.23. The number of nitrogens with zero attached hydrogens (tertiary/aromatic N) is 1. The SMILES string of the molecule is c1coc(CCNC(=NCc2cccs2)Nc2ccc3c(c2)OCCCO3)c1. The van der Waals surface area contributed by atoms with Crippen molar-refractivity contribution in [3.63, 3.8) is 0 Å². The summed E-state index contributed by atoms with van der Waals surface area (Å²) in [5.74, 6) is 3.21. The maximum absolute atomic E-state index is 5.78. The molecule has 0 aliphatic carbocycles. The molecule has 0 saturated carbocycles. The van der Waals surface area contributed by atoms with Crippen LogP contribution in [-0.4, -0.2) is 25.7 Å². The maximum atomic E-state index is 5.78. The summed E-state index contributed by atoms with van der Waals surface area (Å²) in [7, 11) is 0. The van der Waals surface area contributed by atoms with Gasteiger partial charge in [0.2, 0.25) is 0 Å². The summed E-state index contributed by atoms with van der Waals surface area (Å²) in [6.45, 7) is 2.69. The van der Waals surface area contributed by atoms with Gasteiger partial charge in [-0.15, -0.1) is 11.3 Å². The number of furan rings is 1. The molecule has 0 saturated heterocycles. The van der Waals surface area contributed by atoms with Crippen LogP contribution in [0.4, 0.5) is 5.69 Å². The standard InChI is InChI=1S/C21H23N3O3S/c1-4-17(25-10-1)8-9-22-21(23-15-18-5-2-13-28-18)24-16-6-7-19-20(14-16)27-12-3-11-26-19/h1-2,4-7,10,13-14H,3,8-9,11-12,15H2,(H2,22,23,24). The molecule has 7 heteroatoms. The molecule has 0 unspecified atom stereocenters.